The molecule has 1 heterocycles. The second kappa shape index (κ2) is 5.93. The van der Waals surface area contributed by atoms with E-state index in [1.165, 1.54) is 11.2 Å². The summed E-state index contributed by atoms with van der Waals surface area (Å²) in [6.45, 7) is 4.40. The fourth-order valence-corrected chi connectivity index (χ4v) is 3.77. The number of hydrogen-bond acceptors (Lipinski definition) is 3. The lowest BCUT2D eigenvalue weighted by atomic mass is 10.0. The second-order valence-electron chi connectivity index (χ2n) is 4.90. The zero-order valence-electron chi connectivity index (χ0n) is 11.8. The van der Waals surface area contributed by atoms with E-state index in [0.29, 0.717) is 19.6 Å². The van der Waals surface area contributed by atoms with Gasteiger partial charge in [0.05, 0.1) is 11.8 Å². The molecule has 0 unspecified atom stereocenters. The number of nitrogens with zero attached hydrogens (tertiary/aromatic N) is 2. The van der Waals surface area contributed by atoms with Crippen LogP contribution in [-0.4, -0.2) is 48.9 Å². The van der Waals surface area contributed by atoms with Gasteiger partial charge in [0.1, 0.15) is 0 Å². The molecular weight excluding hydrogens is 276 g/mol. The fourth-order valence-electron chi connectivity index (χ4n) is 2.50. The number of hydrogen-bond donors (Lipinski definition) is 0. The minimum atomic E-state index is -3.27. The van der Waals surface area contributed by atoms with Crippen LogP contribution >= 0.6 is 0 Å². The minimum absolute atomic E-state index is 0.0144. The van der Waals surface area contributed by atoms with Crippen molar-refractivity contribution < 1.29 is 13.2 Å². The molecule has 0 aliphatic carbocycles. The maximum atomic E-state index is 12.2. The summed E-state index contributed by atoms with van der Waals surface area (Å²) in [4.78, 5) is 13.3. The highest BCUT2D eigenvalue weighted by Gasteiger charge is 2.35. The van der Waals surface area contributed by atoms with Crippen molar-refractivity contribution in [2.24, 2.45) is 0 Å². The molecular formula is C14H20N2O3S. The summed E-state index contributed by atoms with van der Waals surface area (Å²) in [5.74, 6) is 0.0654. The highest BCUT2D eigenvalue weighted by atomic mass is 32.2. The van der Waals surface area contributed by atoms with Crippen LogP contribution in [0.3, 0.4) is 0 Å². The Kier molecular flexibility index (Phi) is 4.45. The van der Waals surface area contributed by atoms with Gasteiger partial charge in [-0.1, -0.05) is 30.3 Å². The summed E-state index contributed by atoms with van der Waals surface area (Å²) in [7, 11) is -3.27. The van der Waals surface area contributed by atoms with Gasteiger partial charge >= 0.3 is 0 Å². The molecule has 1 aliphatic rings. The molecule has 1 atom stereocenters. The van der Waals surface area contributed by atoms with Crippen LogP contribution in [0.25, 0.3) is 0 Å². The summed E-state index contributed by atoms with van der Waals surface area (Å²) in [6, 6.07) is 9.20. The highest BCUT2D eigenvalue weighted by Crippen LogP contribution is 2.28. The van der Waals surface area contributed by atoms with E-state index in [4.69, 9.17) is 0 Å². The van der Waals surface area contributed by atoms with Gasteiger partial charge in [0, 0.05) is 26.6 Å². The van der Waals surface area contributed by atoms with Crippen molar-refractivity contribution in [1.82, 2.24) is 9.21 Å². The summed E-state index contributed by atoms with van der Waals surface area (Å²) in [6.07, 6.45) is 0. The van der Waals surface area contributed by atoms with Gasteiger partial charge in [-0.15, -0.1) is 0 Å². The first-order valence-corrected chi connectivity index (χ1v) is 8.36. The Labute approximate surface area is 120 Å². The molecule has 1 saturated heterocycles. The zero-order chi connectivity index (χ0) is 14.8. The van der Waals surface area contributed by atoms with Crippen LogP contribution in [-0.2, 0) is 14.8 Å². The standard InChI is InChI=1S/C14H20N2O3S/c1-3-20(18,19)16-10-9-15(12(2)17)11-14(16)13-7-5-4-6-8-13/h4-8,14H,3,9-11H2,1-2H3/t14-/m1/s1. The summed E-state index contributed by atoms with van der Waals surface area (Å²) >= 11 is 0. The molecule has 1 aromatic rings. The summed E-state index contributed by atoms with van der Waals surface area (Å²) in [5.41, 5.74) is 0.926. The molecule has 1 aliphatic heterocycles. The SMILES string of the molecule is CCS(=O)(=O)N1CCN(C(C)=O)C[C@@H]1c1ccccc1. The number of carbonyl (C=O) groups is 1. The largest absolute Gasteiger partial charge is 0.340 e. The molecule has 0 aromatic heterocycles. The van der Waals surface area contributed by atoms with Crippen molar-refractivity contribution in [3.63, 3.8) is 0 Å². The molecule has 6 heteroatoms. The average Bonchev–Trinajstić information content (AvgIpc) is 2.47. The van der Waals surface area contributed by atoms with E-state index in [9.17, 15) is 13.2 Å². The molecule has 1 amide bonds. The van der Waals surface area contributed by atoms with E-state index in [1.54, 1.807) is 11.8 Å². The Bertz CT molecular complexity index is 571. The third kappa shape index (κ3) is 3.02. The highest BCUT2D eigenvalue weighted by molar-refractivity contribution is 7.89. The maximum absolute atomic E-state index is 12.2. The van der Waals surface area contributed by atoms with Crippen molar-refractivity contribution in [3.8, 4) is 0 Å². The van der Waals surface area contributed by atoms with Crippen LogP contribution in [0.15, 0.2) is 30.3 Å². The molecule has 5 nitrogen and oxygen atoms in total. The lowest BCUT2D eigenvalue weighted by Gasteiger charge is -2.40. The molecule has 0 N–H and O–H groups in total. The Morgan fingerprint density at radius 1 is 1.25 bits per heavy atom. The van der Waals surface area contributed by atoms with Crippen LogP contribution in [0, 0.1) is 0 Å². The number of rotatable bonds is 3. The van der Waals surface area contributed by atoms with Gasteiger partial charge in [-0.2, -0.15) is 4.31 Å². The van der Waals surface area contributed by atoms with Gasteiger partial charge in [-0.25, -0.2) is 8.42 Å². The number of amides is 1. The average molecular weight is 296 g/mol. The molecule has 20 heavy (non-hydrogen) atoms. The summed E-state index contributed by atoms with van der Waals surface area (Å²) < 4.78 is 26.0. The molecule has 0 bridgehead atoms. The van der Waals surface area contributed by atoms with Crippen molar-refractivity contribution >= 4 is 15.9 Å². The molecule has 2 rings (SSSR count). The van der Waals surface area contributed by atoms with Gasteiger partial charge in [0.15, 0.2) is 0 Å². The van der Waals surface area contributed by atoms with Crippen LogP contribution in [0.4, 0.5) is 0 Å². The first kappa shape index (κ1) is 15.0. The molecule has 0 radical (unpaired) electrons. The Balaban J connectivity index is 2.35. The molecule has 0 spiro atoms. The van der Waals surface area contributed by atoms with Crippen molar-refractivity contribution in [2.45, 2.75) is 19.9 Å². The molecule has 1 fully saturated rings. The van der Waals surface area contributed by atoms with Crippen LogP contribution in [0.1, 0.15) is 25.5 Å². The number of sulfonamides is 1. The van der Waals surface area contributed by atoms with Gasteiger partial charge in [-0.3, -0.25) is 4.79 Å². The fraction of sp³-hybridized carbons (Fsp3) is 0.500. The van der Waals surface area contributed by atoms with E-state index in [0.717, 1.165) is 5.56 Å². The third-order valence-electron chi connectivity index (χ3n) is 3.68. The molecule has 1 aromatic carbocycles. The van der Waals surface area contributed by atoms with E-state index < -0.39 is 10.0 Å². The first-order chi connectivity index (χ1) is 9.45. The normalized spacial score (nSPS) is 20.9. The second-order valence-corrected chi connectivity index (χ2v) is 7.11. The van der Waals surface area contributed by atoms with Crippen molar-refractivity contribution in [3.05, 3.63) is 35.9 Å². The first-order valence-electron chi connectivity index (χ1n) is 6.75. The Hall–Kier alpha value is -1.40. The van der Waals surface area contributed by atoms with Crippen LogP contribution in [0.2, 0.25) is 0 Å². The number of benzene rings is 1. The Morgan fingerprint density at radius 2 is 1.90 bits per heavy atom. The monoisotopic (exact) mass is 296 g/mol. The summed E-state index contributed by atoms with van der Waals surface area (Å²) in [5, 5.41) is 0. The predicted molar refractivity (Wildman–Crippen MR) is 77.6 cm³/mol. The van der Waals surface area contributed by atoms with Crippen molar-refractivity contribution in [2.75, 3.05) is 25.4 Å². The van der Waals surface area contributed by atoms with Crippen LogP contribution in [0.5, 0.6) is 0 Å². The van der Waals surface area contributed by atoms with E-state index in [1.807, 2.05) is 30.3 Å². The van der Waals surface area contributed by atoms with E-state index in [-0.39, 0.29) is 17.7 Å². The van der Waals surface area contributed by atoms with Crippen LogP contribution < -0.4 is 0 Å². The molecule has 110 valence electrons. The van der Waals surface area contributed by atoms with E-state index >= 15 is 0 Å². The lowest BCUT2D eigenvalue weighted by molar-refractivity contribution is -0.130. The predicted octanol–water partition coefficient (Wildman–Crippen LogP) is 1.24. The quantitative estimate of drug-likeness (QED) is 0.843. The minimum Gasteiger partial charge on any atom is -0.340 e. The Morgan fingerprint density at radius 3 is 2.45 bits per heavy atom. The topological polar surface area (TPSA) is 57.7 Å². The smallest absolute Gasteiger partial charge is 0.219 e. The van der Waals surface area contributed by atoms with Crippen molar-refractivity contribution in [1.29, 1.82) is 0 Å². The number of piperazine rings is 1. The third-order valence-corrected chi connectivity index (χ3v) is 5.56. The van der Waals surface area contributed by atoms with E-state index in [2.05, 4.69) is 0 Å². The van der Waals surface area contributed by atoms with Gasteiger partial charge in [0.2, 0.25) is 15.9 Å². The van der Waals surface area contributed by atoms with Gasteiger partial charge in [0.25, 0.3) is 0 Å². The van der Waals surface area contributed by atoms with Gasteiger partial charge in [-0.05, 0) is 12.5 Å². The van der Waals surface area contributed by atoms with Gasteiger partial charge < -0.3 is 4.90 Å². The number of carbonyl (C=O) groups excluding carboxylic acids is 1. The lowest BCUT2D eigenvalue weighted by Crippen LogP contribution is -2.52. The zero-order valence-corrected chi connectivity index (χ0v) is 12.6. The maximum Gasteiger partial charge on any atom is 0.219 e. The molecule has 0 saturated carbocycles.